The highest BCUT2D eigenvalue weighted by molar-refractivity contribution is 7.10. The van der Waals surface area contributed by atoms with Gasteiger partial charge in [-0.3, -0.25) is 9.36 Å². The molecule has 6 rings (SSSR count). The quantitative estimate of drug-likeness (QED) is 0.396. The third kappa shape index (κ3) is 3.75. The molecule has 176 valence electrons. The van der Waals surface area contributed by atoms with Gasteiger partial charge in [-0.05, 0) is 66.1 Å². The summed E-state index contributed by atoms with van der Waals surface area (Å²) in [5.41, 5.74) is 5.64. The molecule has 1 atom stereocenters. The van der Waals surface area contributed by atoms with Crippen LogP contribution in [0.3, 0.4) is 0 Å². The molecule has 1 aliphatic heterocycles. The summed E-state index contributed by atoms with van der Waals surface area (Å²) in [6.07, 6.45) is 3.78. The van der Waals surface area contributed by atoms with Crippen molar-refractivity contribution in [3.63, 3.8) is 0 Å². The lowest BCUT2D eigenvalue weighted by Crippen LogP contribution is -2.38. The monoisotopic (exact) mass is 500 g/mol. The number of methoxy groups -OCH3 is 1. The summed E-state index contributed by atoms with van der Waals surface area (Å²) in [7, 11) is 1.62. The van der Waals surface area contributed by atoms with Crippen LogP contribution in [0.1, 0.15) is 41.0 Å². The third-order valence-electron chi connectivity index (χ3n) is 6.47. The standard InChI is InChI=1S/C28H24N2O3S2/c1-3-33-21-13-10-17(15-22(21)32-2)16-24-27(31)30-26(23-9-6-14-34-23)20-12-11-18-7-4-5-8-19(18)25(20)29-28(30)35-24/h4-10,13-16,26H,3,11-12H2,1-2H3/b24-16+. The normalized spacial score (nSPS) is 16.9. The number of hydrogen-bond acceptors (Lipinski definition) is 6. The Bertz CT molecular complexity index is 1630. The van der Waals surface area contributed by atoms with E-state index in [-0.39, 0.29) is 11.6 Å². The van der Waals surface area contributed by atoms with Gasteiger partial charge < -0.3 is 9.47 Å². The molecule has 2 aromatic carbocycles. The van der Waals surface area contributed by atoms with E-state index in [1.165, 1.54) is 32.9 Å². The number of hydrogen-bond donors (Lipinski definition) is 0. The van der Waals surface area contributed by atoms with Crippen LogP contribution in [-0.2, 0) is 6.42 Å². The molecule has 0 saturated heterocycles. The van der Waals surface area contributed by atoms with E-state index >= 15 is 0 Å². The van der Waals surface area contributed by atoms with Crippen LogP contribution in [0.5, 0.6) is 11.5 Å². The van der Waals surface area contributed by atoms with Crippen LogP contribution >= 0.6 is 22.7 Å². The summed E-state index contributed by atoms with van der Waals surface area (Å²) < 4.78 is 13.7. The van der Waals surface area contributed by atoms with E-state index in [1.807, 2.05) is 35.8 Å². The Balaban J connectivity index is 1.55. The van der Waals surface area contributed by atoms with Gasteiger partial charge in [-0.15, -0.1) is 11.3 Å². The predicted molar refractivity (Wildman–Crippen MR) is 141 cm³/mol. The number of fused-ring (bicyclic) bond motifs is 3. The second kappa shape index (κ2) is 8.98. The summed E-state index contributed by atoms with van der Waals surface area (Å²) in [6.45, 7) is 2.50. The maximum absolute atomic E-state index is 13.8. The largest absolute Gasteiger partial charge is 0.493 e. The molecule has 0 amide bonds. The lowest BCUT2D eigenvalue weighted by Gasteiger charge is -2.30. The molecule has 0 fully saturated rings. The van der Waals surface area contributed by atoms with Gasteiger partial charge in [-0.2, -0.15) is 0 Å². The van der Waals surface area contributed by atoms with Gasteiger partial charge in [-0.25, -0.2) is 4.99 Å². The zero-order valence-electron chi connectivity index (χ0n) is 19.5. The SMILES string of the molecule is CCOc1ccc(/C=c2/sc3n(c2=O)C(c2cccs2)C2=C(N=3)c3ccccc3CC2)cc1OC. The summed E-state index contributed by atoms with van der Waals surface area (Å²) in [5.74, 6) is 1.34. The predicted octanol–water partition coefficient (Wildman–Crippen LogP) is 4.79. The highest BCUT2D eigenvalue weighted by atomic mass is 32.1. The molecule has 4 aromatic rings. The highest BCUT2D eigenvalue weighted by Gasteiger charge is 2.32. The number of allylic oxidation sites excluding steroid dienone is 1. The van der Waals surface area contributed by atoms with Crippen molar-refractivity contribution in [2.75, 3.05) is 13.7 Å². The number of aryl methyl sites for hydroxylation is 1. The van der Waals surface area contributed by atoms with Gasteiger partial charge >= 0.3 is 0 Å². The number of thiazole rings is 1. The Kier molecular flexibility index (Phi) is 5.66. The van der Waals surface area contributed by atoms with Crippen LogP contribution in [0.4, 0.5) is 0 Å². The molecule has 0 N–H and O–H groups in total. The number of thiophene rings is 1. The van der Waals surface area contributed by atoms with Gasteiger partial charge in [0, 0.05) is 10.4 Å². The fourth-order valence-electron chi connectivity index (χ4n) is 4.92. The molecule has 0 spiro atoms. The molecule has 1 unspecified atom stereocenters. The number of aromatic nitrogens is 1. The van der Waals surface area contributed by atoms with Crippen LogP contribution in [0.2, 0.25) is 0 Å². The molecule has 5 nitrogen and oxygen atoms in total. The van der Waals surface area contributed by atoms with E-state index in [0.29, 0.717) is 22.6 Å². The first-order valence-electron chi connectivity index (χ1n) is 11.6. The Labute approximate surface area is 210 Å². The Hall–Kier alpha value is -3.42. The summed E-state index contributed by atoms with van der Waals surface area (Å²) in [5, 5.41) is 2.08. The minimum Gasteiger partial charge on any atom is -0.493 e. The van der Waals surface area contributed by atoms with Crippen molar-refractivity contribution in [3.05, 3.63) is 107 Å². The zero-order chi connectivity index (χ0) is 23.9. The minimum absolute atomic E-state index is 0.00888. The fraction of sp³-hybridized carbons (Fsp3) is 0.214. The fourth-order valence-corrected chi connectivity index (χ4v) is 6.77. The summed E-state index contributed by atoms with van der Waals surface area (Å²) >= 11 is 3.13. The van der Waals surface area contributed by atoms with E-state index < -0.39 is 0 Å². The van der Waals surface area contributed by atoms with Gasteiger partial charge in [0.2, 0.25) is 0 Å². The molecular formula is C28H24N2O3S2. The number of ether oxygens (including phenoxy) is 2. The second-order valence-electron chi connectivity index (χ2n) is 8.47. The molecule has 35 heavy (non-hydrogen) atoms. The van der Waals surface area contributed by atoms with Gasteiger partial charge in [0.25, 0.3) is 5.56 Å². The van der Waals surface area contributed by atoms with Gasteiger partial charge in [0.1, 0.15) is 0 Å². The Morgan fingerprint density at radius 3 is 2.80 bits per heavy atom. The molecule has 2 aromatic heterocycles. The highest BCUT2D eigenvalue weighted by Crippen LogP contribution is 2.42. The van der Waals surface area contributed by atoms with Gasteiger partial charge in [0.05, 0.1) is 30.0 Å². The maximum Gasteiger partial charge on any atom is 0.271 e. The molecule has 7 heteroatoms. The minimum atomic E-state index is -0.119. The third-order valence-corrected chi connectivity index (χ3v) is 8.38. The Morgan fingerprint density at radius 1 is 1.11 bits per heavy atom. The van der Waals surface area contributed by atoms with Crippen molar-refractivity contribution in [1.82, 2.24) is 4.57 Å². The van der Waals surface area contributed by atoms with Crippen molar-refractivity contribution in [2.24, 2.45) is 4.99 Å². The van der Waals surface area contributed by atoms with E-state index in [0.717, 1.165) is 28.9 Å². The molecule has 3 heterocycles. The molecule has 2 aliphatic rings. The average Bonchev–Trinajstić information content (AvgIpc) is 3.52. The summed E-state index contributed by atoms with van der Waals surface area (Å²) in [6, 6.07) is 18.3. The van der Waals surface area contributed by atoms with E-state index in [9.17, 15) is 4.79 Å². The first-order valence-corrected chi connectivity index (χ1v) is 13.3. The number of benzene rings is 2. The maximum atomic E-state index is 13.8. The van der Waals surface area contributed by atoms with Crippen molar-refractivity contribution < 1.29 is 9.47 Å². The van der Waals surface area contributed by atoms with Crippen LogP contribution < -0.4 is 24.4 Å². The molecule has 0 bridgehead atoms. The van der Waals surface area contributed by atoms with Crippen LogP contribution in [-0.4, -0.2) is 18.3 Å². The van der Waals surface area contributed by atoms with Crippen LogP contribution in [0.25, 0.3) is 11.8 Å². The number of rotatable bonds is 5. The average molecular weight is 501 g/mol. The second-order valence-corrected chi connectivity index (χ2v) is 10.5. The van der Waals surface area contributed by atoms with Crippen molar-refractivity contribution in [1.29, 1.82) is 0 Å². The lowest BCUT2D eigenvalue weighted by molar-refractivity contribution is 0.311. The van der Waals surface area contributed by atoms with Crippen molar-refractivity contribution in [2.45, 2.75) is 25.8 Å². The number of nitrogens with zero attached hydrogens (tertiary/aromatic N) is 2. The van der Waals surface area contributed by atoms with E-state index in [1.54, 1.807) is 18.4 Å². The van der Waals surface area contributed by atoms with E-state index in [2.05, 4.69) is 41.8 Å². The molecule has 0 radical (unpaired) electrons. The van der Waals surface area contributed by atoms with Crippen LogP contribution in [0, 0.1) is 0 Å². The van der Waals surface area contributed by atoms with Crippen molar-refractivity contribution in [3.8, 4) is 11.5 Å². The molecular weight excluding hydrogens is 476 g/mol. The van der Waals surface area contributed by atoms with Crippen molar-refractivity contribution >= 4 is 34.4 Å². The smallest absolute Gasteiger partial charge is 0.271 e. The first kappa shape index (κ1) is 22.1. The lowest BCUT2D eigenvalue weighted by atomic mass is 9.85. The summed E-state index contributed by atoms with van der Waals surface area (Å²) in [4.78, 5) is 20.8. The molecule has 1 aliphatic carbocycles. The van der Waals surface area contributed by atoms with E-state index in [4.69, 9.17) is 14.5 Å². The zero-order valence-corrected chi connectivity index (χ0v) is 21.1. The first-order chi connectivity index (χ1) is 17.2. The topological polar surface area (TPSA) is 52.8 Å². The molecule has 0 saturated carbocycles. The van der Waals surface area contributed by atoms with Gasteiger partial charge in [0.15, 0.2) is 16.3 Å². The Morgan fingerprint density at radius 2 is 2.00 bits per heavy atom. The van der Waals surface area contributed by atoms with Crippen LogP contribution in [0.15, 0.2) is 75.3 Å². The van der Waals surface area contributed by atoms with Gasteiger partial charge in [-0.1, -0.05) is 47.7 Å².